The van der Waals surface area contributed by atoms with Gasteiger partial charge < -0.3 is 21.9 Å². The quantitative estimate of drug-likeness (QED) is 0.475. The van der Waals surface area contributed by atoms with Crippen LogP contribution in [0.3, 0.4) is 0 Å². The minimum atomic E-state index is -1.42. The van der Waals surface area contributed by atoms with E-state index in [4.69, 9.17) is 16.6 Å². The van der Waals surface area contributed by atoms with Crippen LogP contribution in [0, 0.1) is 0 Å². The summed E-state index contributed by atoms with van der Waals surface area (Å²) < 4.78 is 1.42. The van der Waals surface area contributed by atoms with E-state index < -0.39 is 17.9 Å². The smallest absolute Gasteiger partial charge is 0.271 e. The molecular weight excluding hydrogens is 226 g/mol. The molecule has 0 spiro atoms. The van der Waals surface area contributed by atoms with E-state index in [1.54, 1.807) is 0 Å². The molecule has 1 atom stereocenters. The minimum Gasteiger partial charge on any atom is -0.396 e. The number of aliphatic hydroxyl groups excluding tert-OH is 1. The number of aromatic nitrogens is 2. The van der Waals surface area contributed by atoms with Crippen LogP contribution in [-0.2, 0) is 11.3 Å². The molecule has 1 aromatic rings. The average molecular weight is 241 g/mol. The van der Waals surface area contributed by atoms with E-state index in [1.807, 2.05) is 6.92 Å². The summed E-state index contributed by atoms with van der Waals surface area (Å²) in [5.74, 6) is -1.41. The molecule has 6 N–H and O–H groups in total. The molecule has 8 nitrogen and oxygen atoms in total. The molecule has 1 unspecified atom stereocenters. The first kappa shape index (κ1) is 13.0. The number of hydrogen-bond acceptors (Lipinski definition) is 5. The van der Waals surface area contributed by atoms with Gasteiger partial charge >= 0.3 is 0 Å². The van der Waals surface area contributed by atoms with E-state index in [0.29, 0.717) is 6.54 Å². The zero-order valence-electron chi connectivity index (χ0n) is 9.38. The van der Waals surface area contributed by atoms with Crippen molar-refractivity contribution in [2.75, 3.05) is 12.3 Å². The summed E-state index contributed by atoms with van der Waals surface area (Å²) in [4.78, 5) is 22.3. The summed E-state index contributed by atoms with van der Waals surface area (Å²) >= 11 is 0. The largest absolute Gasteiger partial charge is 0.396 e. The van der Waals surface area contributed by atoms with Gasteiger partial charge in [0.1, 0.15) is 11.8 Å². The summed E-state index contributed by atoms with van der Waals surface area (Å²) in [6.07, 6.45) is -0.0543. The lowest BCUT2D eigenvalue weighted by Gasteiger charge is -2.09. The third kappa shape index (κ3) is 2.94. The number of nitrogens with two attached hydrogens (primary N) is 2. The maximum atomic E-state index is 11.7. The molecule has 1 aromatic heterocycles. The molecule has 1 heterocycles. The Balaban J connectivity index is 2.70. The monoisotopic (exact) mass is 241 g/mol. The fraction of sp³-hybridized carbons (Fsp3) is 0.444. The summed E-state index contributed by atoms with van der Waals surface area (Å²) in [5.41, 5.74) is 10.9. The first-order valence-electron chi connectivity index (χ1n) is 5.04. The third-order valence-electron chi connectivity index (χ3n) is 2.17. The highest BCUT2D eigenvalue weighted by molar-refractivity contribution is 5.97. The summed E-state index contributed by atoms with van der Waals surface area (Å²) in [7, 11) is 0. The van der Waals surface area contributed by atoms with Crippen molar-refractivity contribution in [3.05, 3.63) is 11.9 Å². The molecule has 0 fully saturated rings. The molecule has 0 aliphatic rings. The highest BCUT2D eigenvalue weighted by Gasteiger charge is 2.18. The standard InChI is InChI=1S/C9H15N5O3/c1-2-14-7(5(10)3-13-14)9(17)12-4-6(15)8(11)16/h3,6,15H,2,4,10H2,1H3,(H2,11,16)(H,12,17). The van der Waals surface area contributed by atoms with Crippen molar-refractivity contribution in [1.82, 2.24) is 15.1 Å². The Bertz CT molecular complexity index is 428. The maximum Gasteiger partial charge on any atom is 0.271 e. The topological polar surface area (TPSA) is 136 Å². The fourth-order valence-corrected chi connectivity index (χ4v) is 1.26. The van der Waals surface area contributed by atoms with Gasteiger partial charge in [0.15, 0.2) is 0 Å². The van der Waals surface area contributed by atoms with E-state index in [2.05, 4.69) is 10.4 Å². The molecule has 0 bridgehead atoms. The van der Waals surface area contributed by atoms with Crippen LogP contribution in [0.2, 0.25) is 0 Å². The molecule has 94 valence electrons. The number of hydrogen-bond donors (Lipinski definition) is 4. The predicted octanol–water partition coefficient (Wildman–Crippen LogP) is -1.94. The summed E-state index contributed by atoms with van der Waals surface area (Å²) in [6, 6.07) is 0. The molecule has 0 saturated heterocycles. The molecule has 17 heavy (non-hydrogen) atoms. The summed E-state index contributed by atoms with van der Waals surface area (Å²) in [5, 5.41) is 15.4. The van der Waals surface area contributed by atoms with Crippen molar-refractivity contribution in [3.63, 3.8) is 0 Å². The van der Waals surface area contributed by atoms with Gasteiger partial charge in [0, 0.05) is 6.54 Å². The first-order valence-corrected chi connectivity index (χ1v) is 5.04. The second-order valence-electron chi connectivity index (χ2n) is 3.39. The number of carbonyl (C=O) groups excluding carboxylic acids is 2. The highest BCUT2D eigenvalue weighted by Crippen LogP contribution is 2.10. The Hall–Kier alpha value is -2.09. The number of primary amides is 1. The Labute approximate surface area is 97.6 Å². The molecule has 8 heteroatoms. The molecule has 0 aliphatic carbocycles. The van der Waals surface area contributed by atoms with Gasteiger partial charge in [-0.2, -0.15) is 5.10 Å². The molecule has 0 radical (unpaired) electrons. The number of aryl methyl sites for hydroxylation is 1. The van der Waals surface area contributed by atoms with Gasteiger partial charge in [-0.25, -0.2) is 0 Å². The van der Waals surface area contributed by atoms with E-state index in [1.165, 1.54) is 10.9 Å². The van der Waals surface area contributed by atoms with Crippen molar-refractivity contribution >= 4 is 17.5 Å². The normalized spacial score (nSPS) is 12.1. The van der Waals surface area contributed by atoms with Crippen LogP contribution in [0.25, 0.3) is 0 Å². The lowest BCUT2D eigenvalue weighted by molar-refractivity contribution is -0.125. The minimum absolute atomic E-state index is 0.198. The molecule has 0 aliphatic heterocycles. The SMILES string of the molecule is CCn1ncc(N)c1C(=O)NCC(O)C(N)=O. The van der Waals surface area contributed by atoms with Crippen LogP contribution < -0.4 is 16.8 Å². The van der Waals surface area contributed by atoms with Gasteiger partial charge in [-0.05, 0) is 6.92 Å². The van der Waals surface area contributed by atoms with Crippen molar-refractivity contribution in [1.29, 1.82) is 0 Å². The van der Waals surface area contributed by atoms with Gasteiger partial charge in [-0.15, -0.1) is 0 Å². The van der Waals surface area contributed by atoms with E-state index >= 15 is 0 Å². The molecule has 0 aromatic carbocycles. The number of nitrogen functional groups attached to an aromatic ring is 1. The molecular formula is C9H15N5O3. The van der Waals surface area contributed by atoms with E-state index in [-0.39, 0.29) is 17.9 Å². The first-order chi connectivity index (χ1) is 7.97. The number of anilines is 1. The van der Waals surface area contributed by atoms with Gasteiger partial charge in [-0.1, -0.05) is 0 Å². The van der Waals surface area contributed by atoms with Crippen LogP contribution in [-0.4, -0.2) is 39.4 Å². The van der Waals surface area contributed by atoms with Crippen LogP contribution in [0.4, 0.5) is 5.69 Å². The number of aliphatic hydroxyl groups is 1. The fourth-order valence-electron chi connectivity index (χ4n) is 1.26. The van der Waals surface area contributed by atoms with Gasteiger partial charge in [0.05, 0.1) is 18.4 Å². The molecule has 2 amide bonds. The Morgan fingerprint density at radius 1 is 1.65 bits per heavy atom. The van der Waals surface area contributed by atoms with Crippen LogP contribution in [0.15, 0.2) is 6.20 Å². The number of rotatable bonds is 5. The Kier molecular flexibility index (Phi) is 4.05. The average Bonchev–Trinajstić information content (AvgIpc) is 2.66. The van der Waals surface area contributed by atoms with Crippen molar-refractivity contribution in [2.24, 2.45) is 5.73 Å². The number of carbonyl (C=O) groups is 2. The maximum absolute atomic E-state index is 11.7. The lowest BCUT2D eigenvalue weighted by atomic mass is 10.3. The van der Waals surface area contributed by atoms with Crippen molar-refractivity contribution in [3.8, 4) is 0 Å². The van der Waals surface area contributed by atoms with Crippen molar-refractivity contribution in [2.45, 2.75) is 19.6 Å². The van der Waals surface area contributed by atoms with Crippen LogP contribution in [0.5, 0.6) is 0 Å². The van der Waals surface area contributed by atoms with Gasteiger partial charge in [-0.3, -0.25) is 14.3 Å². The molecule has 1 rings (SSSR count). The number of amides is 2. The zero-order valence-corrected chi connectivity index (χ0v) is 9.38. The van der Waals surface area contributed by atoms with Crippen molar-refractivity contribution < 1.29 is 14.7 Å². The van der Waals surface area contributed by atoms with Gasteiger partial charge in [0.2, 0.25) is 5.91 Å². The second-order valence-corrected chi connectivity index (χ2v) is 3.39. The van der Waals surface area contributed by atoms with E-state index in [9.17, 15) is 9.59 Å². The number of nitrogens with zero attached hydrogens (tertiary/aromatic N) is 2. The predicted molar refractivity (Wildman–Crippen MR) is 59.8 cm³/mol. The second kappa shape index (κ2) is 5.30. The van der Waals surface area contributed by atoms with Crippen LogP contribution in [0.1, 0.15) is 17.4 Å². The molecule has 0 saturated carbocycles. The Morgan fingerprint density at radius 3 is 2.82 bits per heavy atom. The van der Waals surface area contributed by atoms with Gasteiger partial charge in [0.25, 0.3) is 5.91 Å². The van der Waals surface area contributed by atoms with E-state index in [0.717, 1.165) is 0 Å². The van der Waals surface area contributed by atoms with Crippen LogP contribution >= 0.6 is 0 Å². The zero-order chi connectivity index (χ0) is 13.0. The Morgan fingerprint density at radius 2 is 2.29 bits per heavy atom. The highest BCUT2D eigenvalue weighted by atomic mass is 16.3. The number of nitrogens with one attached hydrogen (secondary N) is 1. The lowest BCUT2D eigenvalue weighted by Crippen LogP contribution is -2.40. The summed E-state index contributed by atoms with van der Waals surface area (Å²) in [6.45, 7) is 2.03. The third-order valence-corrected chi connectivity index (χ3v) is 2.17.